The van der Waals surface area contributed by atoms with E-state index < -0.39 is 0 Å². The summed E-state index contributed by atoms with van der Waals surface area (Å²) >= 11 is 0. The van der Waals surface area contributed by atoms with Crippen LogP contribution in [0.4, 0.5) is 21.6 Å². The molecule has 0 spiro atoms. The Bertz CT molecular complexity index is 899. The highest BCUT2D eigenvalue weighted by atomic mass is 19.1. The Morgan fingerprint density at radius 3 is 2.37 bits per heavy atom. The predicted octanol–water partition coefficient (Wildman–Crippen LogP) is 3.99. The number of carbonyl (C=O) groups is 1. The van der Waals surface area contributed by atoms with Crippen molar-refractivity contribution in [1.82, 2.24) is 4.98 Å². The van der Waals surface area contributed by atoms with Crippen molar-refractivity contribution in [3.8, 4) is 11.5 Å². The lowest BCUT2D eigenvalue weighted by atomic mass is 10.3. The van der Waals surface area contributed by atoms with Crippen LogP contribution in [0.3, 0.4) is 0 Å². The molecule has 1 amide bonds. The fourth-order valence-electron chi connectivity index (χ4n) is 2.30. The first-order valence-corrected chi connectivity index (χ1v) is 8.18. The molecule has 2 aromatic carbocycles. The maximum Gasteiger partial charge on any atom is 0.263 e. The van der Waals surface area contributed by atoms with Gasteiger partial charge in [-0.3, -0.25) is 4.79 Å². The van der Waals surface area contributed by atoms with Crippen LogP contribution < -0.4 is 20.1 Å². The highest BCUT2D eigenvalue weighted by Crippen LogP contribution is 2.25. The van der Waals surface area contributed by atoms with Crippen molar-refractivity contribution in [3.63, 3.8) is 0 Å². The van der Waals surface area contributed by atoms with E-state index in [-0.39, 0.29) is 18.3 Å². The molecule has 0 fully saturated rings. The van der Waals surface area contributed by atoms with Crippen molar-refractivity contribution in [1.29, 1.82) is 0 Å². The third-order valence-electron chi connectivity index (χ3n) is 3.59. The summed E-state index contributed by atoms with van der Waals surface area (Å²) < 4.78 is 23.6. The third kappa shape index (κ3) is 5.18. The van der Waals surface area contributed by atoms with Gasteiger partial charge in [-0.25, -0.2) is 9.37 Å². The lowest BCUT2D eigenvalue weighted by Crippen LogP contribution is -2.20. The lowest BCUT2D eigenvalue weighted by molar-refractivity contribution is -0.118. The van der Waals surface area contributed by atoms with Crippen LogP contribution in [0.1, 0.15) is 0 Å². The number of hydrogen-bond donors (Lipinski definition) is 2. The normalized spacial score (nSPS) is 10.1. The van der Waals surface area contributed by atoms with Gasteiger partial charge in [0.25, 0.3) is 5.91 Å². The number of amides is 1. The second kappa shape index (κ2) is 8.66. The van der Waals surface area contributed by atoms with Crippen molar-refractivity contribution in [2.45, 2.75) is 0 Å². The molecule has 1 heterocycles. The smallest absolute Gasteiger partial charge is 0.263 e. The minimum atomic E-state index is -0.340. The molecule has 27 heavy (non-hydrogen) atoms. The minimum absolute atomic E-state index is 0.169. The van der Waals surface area contributed by atoms with Crippen LogP contribution in [0, 0.1) is 5.82 Å². The fraction of sp³-hybridized carbons (Fsp3) is 0.100. The second-order valence-corrected chi connectivity index (χ2v) is 5.55. The molecule has 1 aromatic heterocycles. The molecule has 0 saturated carbocycles. The Hall–Kier alpha value is -3.61. The Morgan fingerprint density at radius 2 is 1.70 bits per heavy atom. The van der Waals surface area contributed by atoms with E-state index in [9.17, 15) is 9.18 Å². The Kier molecular flexibility index (Phi) is 5.84. The zero-order valence-corrected chi connectivity index (χ0v) is 14.6. The molecule has 0 unspecified atom stereocenters. The molecule has 138 valence electrons. The number of anilines is 3. The van der Waals surface area contributed by atoms with E-state index in [0.29, 0.717) is 23.0 Å². The predicted molar refractivity (Wildman–Crippen MR) is 101 cm³/mol. The maximum atomic E-state index is 12.9. The van der Waals surface area contributed by atoms with Gasteiger partial charge >= 0.3 is 0 Å². The van der Waals surface area contributed by atoms with Gasteiger partial charge in [0.1, 0.15) is 11.6 Å². The van der Waals surface area contributed by atoms with Gasteiger partial charge in [-0.2, -0.15) is 0 Å². The monoisotopic (exact) mass is 367 g/mol. The highest BCUT2D eigenvalue weighted by Gasteiger charge is 2.08. The molecule has 7 heteroatoms. The number of para-hydroxylation sites is 2. The van der Waals surface area contributed by atoms with E-state index in [4.69, 9.17) is 9.47 Å². The average molecular weight is 367 g/mol. The molecule has 0 saturated heterocycles. The largest absolute Gasteiger partial charge is 0.493 e. The van der Waals surface area contributed by atoms with E-state index in [1.54, 1.807) is 48.7 Å². The summed E-state index contributed by atoms with van der Waals surface area (Å²) in [5.74, 6) is 0.801. The number of hydrogen-bond acceptors (Lipinski definition) is 5. The summed E-state index contributed by atoms with van der Waals surface area (Å²) in [5.41, 5.74) is 1.45. The summed E-state index contributed by atoms with van der Waals surface area (Å²) in [7, 11) is 1.54. The summed E-state index contributed by atoms with van der Waals surface area (Å²) in [6.07, 6.45) is 1.57. The first-order valence-electron chi connectivity index (χ1n) is 8.18. The molecule has 3 aromatic rings. The number of carbonyl (C=O) groups excluding carboxylic acids is 1. The van der Waals surface area contributed by atoms with E-state index in [0.717, 1.165) is 5.69 Å². The van der Waals surface area contributed by atoms with Crippen LogP contribution in [-0.2, 0) is 4.79 Å². The first-order chi connectivity index (χ1) is 13.1. The minimum Gasteiger partial charge on any atom is -0.493 e. The van der Waals surface area contributed by atoms with Crippen molar-refractivity contribution in [2.24, 2.45) is 0 Å². The van der Waals surface area contributed by atoms with Gasteiger partial charge in [0.05, 0.1) is 19.0 Å². The van der Waals surface area contributed by atoms with Crippen LogP contribution in [0.25, 0.3) is 0 Å². The zero-order valence-electron chi connectivity index (χ0n) is 14.6. The molecule has 0 bridgehead atoms. The molecule has 0 atom stereocenters. The van der Waals surface area contributed by atoms with Crippen LogP contribution in [0.2, 0.25) is 0 Å². The van der Waals surface area contributed by atoms with Gasteiger partial charge in [-0.05, 0) is 48.5 Å². The summed E-state index contributed by atoms with van der Waals surface area (Å²) in [4.78, 5) is 16.2. The fourth-order valence-corrected chi connectivity index (χ4v) is 2.30. The molecular weight excluding hydrogens is 349 g/mol. The van der Waals surface area contributed by atoms with Crippen LogP contribution in [0.15, 0.2) is 66.9 Å². The second-order valence-electron chi connectivity index (χ2n) is 5.55. The number of ether oxygens (including phenoxy) is 2. The number of methoxy groups -OCH3 is 1. The molecule has 0 aliphatic carbocycles. The lowest BCUT2D eigenvalue weighted by Gasteiger charge is -2.10. The molecule has 0 aliphatic rings. The van der Waals surface area contributed by atoms with E-state index >= 15 is 0 Å². The highest BCUT2D eigenvalue weighted by molar-refractivity contribution is 5.91. The summed E-state index contributed by atoms with van der Waals surface area (Å²) in [5, 5.41) is 5.75. The zero-order chi connectivity index (χ0) is 19.1. The van der Waals surface area contributed by atoms with Gasteiger partial charge in [0.15, 0.2) is 18.1 Å². The maximum absolute atomic E-state index is 12.9. The van der Waals surface area contributed by atoms with Crippen molar-refractivity contribution < 1.29 is 18.7 Å². The number of pyridine rings is 1. The van der Waals surface area contributed by atoms with Crippen molar-refractivity contribution >= 4 is 23.1 Å². The van der Waals surface area contributed by atoms with Crippen LogP contribution in [-0.4, -0.2) is 24.6 Å². The Labute approximate surface area is 156 Å². The summed E-state index contributed by atoms with van der Waals surface area (Å²) in [6, 6.07) is 16.5. The van der Waals surface area contributed by atoms with Gasteiger partial charge in [0.2, 0.25) is 0 Å². The Morgan fingerprint density at radius 1 is 1.00 bits per heavy atom. The van der Waals surface area contributed by atoms with Gasteiger partial charge in [0, 0.05) is 5.69 Å². The van der Waals surface area contributed by atoms with E-state index in [1.165, 1.54) is 19.2 Å². The number of rotatable bonds is 7. The first kappa shape index (κ1) is 18.2. The van der Waals surface area contributed by atoms with Gasteiger partial charge < -0.3 is 20.1 Å². The number of nitrogens with one attached hydrogen (secondary N) is 2. The SMILES string of the molecule is COc1ccccc1OCC(=O)Nc1ccc(Nc2ccc(F)cc2)cn1. The molecular formula is C20H18FN3O3. The van der Waals surface area contributed by atoms with Gasteiger partial charge in [-0.15, -0.1) is 0 Å². The number of aromatic nitrogens is 1. The van der Waals surface area contributed by atoms with Crippen LogP contribution in [0.5, 0.6) is 11.5 Å². The molecule has 0 aliphatic heterocycles. The topological polar surface area (TPSA) is 72.5 Å². The molecule has 0 radical (unpaired) electrons. The van der Waals surface area contributed by atoms with Gasteiger partial charge in [-0.1, -0.05) is 12.1 Å². The van der Waals surface area contributed by atoms with Crippen LogP contribution >= 0.6 is 0 Å². The number of nitrogens with zero attached hydrogens (tertiary/aromatic N) is 1. The summed E-state index contributed by atoms with van der Waals surface area (Å²) in [6.45, 7) is -0.169. The average Bonchev–Trinajstić information content (AvgIpc) is 2.70. The Balaban J connectivity index is 1.53. The molecule has 6 nitrogen and oxygen atoms in total. The van der Waals surface area contributed by atoms with Crippen molar-refractivity contribution in [3.05, 3.63) is 72.7 Å². The number of halogens is 1. The quantitative estimate of drug-likeness (QED) is 0.661. The standard InChI is InChI=1S/C20H18FN3O3/c1-26-17-4-2-3-5-18(17)27-13-20(25)24-19-11-10-16(12-22-19)23-15-8-6-14(21)7-9-15/h2-12,23H,13H2,1H3,(H,22,24,25). The number of benzene rings is 2. The molecule has 3 rings (SSSR count). The van der Waals surface area contributed by atoms with E-state index in [2.05, 4.69) is 15.6 Å². The third-order valence-corrected chi connectivity index (χ3v) is 3.59. The van der Waals surface area contributed by atoms with E-state index in [1.807, 2.05) is 6.07 Å². The van der Waals surface area contributed by atoms with Crippen molar-refractivity contribution in [2.75, 3.05) is 24.4 Å². The molecule has 2 N–H and O–H groups in total.